The molecule has 0 unspecified atom stereocenters. The molecule has 0 saturated carbocycles. The lowest BCUT2D eigenvalue weighted by Crippen LogP contribution is -2.00. The maximum absolute atomic E-state index is 10.8. The van der Waals surface area contributed by atoms with Crippen molar-refractivity contribution in [1.29, 1.82) is 0 Å². The Morgan fingerprint density at radius 2 is 2.08 bits per heavy atom. The first kappa shape index (κ1) is 10.5. The lowest BCUT2D eigenvalue weighted by Gasteiger charge is -1.97. The maximum Gasteiger partial charge on any atom is 0.338 e. The minimum absolute atomic E-state index is 0.451. The third kappa shape index (κ3) is 5.29. The third-order valence-electron chi connectivity index (χ3n) is 0.872. The second-order valence-electron chi connectivity index (χ2n) is 2.38. The Morgan fingerprint density at radius 1 is 1.50 bits per heavy atom. The third-order valence-corrected chi connectivity index (χ3v) is 0.872. The lowest BCUT2D eigenvalue weighted by molar-refractivity contribution is -0.137. The molecule has 0 aromatic heterocycles. The van der Waals surface area contributed by atoms with Crippen LogP contribution in [0.3, 0.4) is 0 Å². The monoisotopic (exact) mass is 168 g/mol. The summed E-state index contributed by atoms with van der Waals surface area (Å²) in [7, 11) is 0. The summed E-state index contributed by atoms with van der Waals surface area (Å²) in [5.41, 5.74) is 0.811. The first-order chi connectivity index (χ1) is 5.56. The molecule has 0 aliphatic carbocycles. The molecule has 0 aliphatic rings. The van der Waals surface area contributed by atoms with E-state index < -0.39 is 11.9 Å². The second-order valence-corrected chi connectivity index (χ2v) is 2.38. The molecule has 0 spiro atoms. The van der Waals surface area contributed by atoms with E-state index in [1.54, 1.807) is 13.8 Å². The molecule has 3 nitrogen and oxygen atoms in total. The van der Waals surface area contributed by atoms with Gasteiger partial charge < -0.3 is 9.84 Å². The highest BCUT2D eigenvalue weighted by molar-refractivity contribution is 5.83. The van der Waals surface area contributed by atoms with Gasteiger partial charge >= 0.3 is 5.97 Å². The fourth-order valence-electron chi connectivity index (χ4n) is 0.503. The second kappa shape index (κ2) is 5.18. The summed E-state index contributed by atoms with van der Waals surface area (Å²) in [6.07, 6.45) is 3.80. The number of carbonyl (C=O) groups is 1. The quantitative estimate of drug-likeness (QED) is 0.304. The van der Waals surface area contributed by atoms with E-state index in [2.05, 4.69) is 11.3 Å². The van der Waals surface area contributed by atoms with Crippen molar-refractivity contribution in [3.63, 3.8) is 0 Å². The van der Waals surface area contributed by atoms with Crippen LogP contribution in [0.15, 0.2) is 36.3 Å². The summed E-state index contributed by atoms with van der Waals surface area (Å²) < 4.78 is 4.43. The van der Waals surface area contributed by atoms with Crippen LogP contribution in [0.2, 0.25) is 0 Å². The zero-order valence-electron chi connectivity index (χ0n) is 7.20. The maximum atomic E-state index is 10.8. The molecule has 0 bridgehead atoms. The van der Waals surface area contributed by atoms with Crippen LogP contribution in [0, 0.1) is 0 Å². The highest BCUT2D eigenvalue weighted by atomic mass is 16.6. The SMILES string of the molecule is C=CC=C(O)OC(=O)C=C(C)C. The van der Waals surface area contributed by atoms with E-state index in [9.17, 15) is 4.79 Å². The molecule has 0 radical (unpaired) electrons. The predicted octanol–water partition coefficient (Wildman–Crippen LogP) is 2.08. The predicted molar refractivity (Wildman–Crippen MR) is 46.4 cm³/mol. The number of allylic oxidation sites excluding steroid dienone is 3. The fourth-order valence-corrected chi connectivity index (χ4v) is 0.503. The van der Waals surface area contributed by atoms with Gasteiger partial charge in [0.1, 0.15) is 0 Å². The molecule has 0 amide bonds. The first-order valence-corrected chi connectivity index (χ1v) is 3.44. The van der Waals surface area contributed by atoms with Crippen LogP contribution < -0.4 is 0 Å². The van der Waals surface area contributed by atoms with Gasteiger partial charge in [0.25, 0.3) is 5.95 Å². The molecular weight excluding hydrogens is 156 g/mol. The van der Waals surface area contributed by atoms with Crippen LogP contribution in [0.4, 0.5) is 0 Å². The minimum atomic E-state index is -0.592. The van der Waals surface area contributed by atoms with Gasteiger partial charge in [-0.3, -0.25) is 0 Å². The number of rotatable bonds is 3. The van der Waals surface area contributed by atoms with Crippen molar-refractivity contribution in [2.75, 3.05) is 0 Å². The van der Waals surface area contributed by atoms with Crippen LogP contribution in [0.5, 0.6) is 0 Å². The molecule has 0 atom stereocenters. The fraction of sp³-hybridized carbons (Fsp3) is 0.222. The molecule has 0 aromatic carbocycles. The topological polar surface area (TPSA) is 46.5 Å². The van der Waals surface area contributed by atoms with E-state index in [1.807, 2.05) is 0 Å². The molecule has 0 saturated heterocycles. The number of carbonyl (C=O) groups excluding carboxylic acids is 1. The van der Waals surface area contributed by atoms with Crippen LogP contribution in [0.25, 0.3) is 0 Å². The zero-order valence-corrected chi connectivity index (χ0v) is 7.20. The smallest absolute Gasteiger partial charge is 0.338 e. The summed E-state index contributed by atoms with van der Waals surface area (Å²) in [5.74, 6) is -1.04. The molecule has 0 rings (SSSR count). The molecule has 0 fully saturated rings. The van der Waals surface area contributed by atoms with Gasteiger partial charge in [0, 0.05) is 12.2 Å². The number of esters is 1. The number of ether oxygens (including phenoxy) is 1. The number of hydrogen-bond donors (Lipinski definition) is 1. The normalized spacial score (nSPS) is 10.3. The van der Waals surface area contributed by atoms with Crippen molar-refractivity contribution in [3.05, 3.63) is 36.3 Å². The van der Waals surface area contributed by atoms with Crippen LogP contribution in [-0.2, 0) is 9.53 Å². The Kier molecular flexibility index (Phi) is 4.53. The molecule has 0 aromatic rings. The van der Waals surface area contributed by atoms with Crippen molar-refractivity contribution in [2.24, 2.45) is 0 Å². The highest BCUT2D eigenvalue weighted by Crippen LogP contribution is 1.96. The summed E-state index contributed by atoms with van der Waals surface area (Å²) in [6, 6.07) is 0. The Hall–Kier alpha value is -1.51. The van der Waals surface area contributed by atoms with Crippen molar-refractivity contribution >= 4 is 5.97 Å². The van der Waals surface area contributed by atoms with Gasteiger partial charge in [-0.1, -0.05) is 18.2 Å². The molecule has 66 valence electrons. The Labute approximate surface area is 71.7 Å². The molecule has 3 heteroatoms. The van der Waals surface area contributed by atoms with Crippen molar-refractivity contribution < 1.29 is 14.6 Å². The van der Waals surface area contributed by atoms with E-state index in [0.29, 0.717) is 0 Å². The largest absolute Gasteiger partial charge is 0.481 e. The average molecular weight is 168 g/mol. The van der Waals surface area contributed by atoms with Crippen LogP contribution in [-0.4, -0.2) is 11.1 Å². The summed E-state index contributed by atoms with van der Waals surface area (Å²) in [4.78, 5) is 10.8. The first-order valence-electron chi connectivity index (χ1n) is 3.44. The van der Waals surface area contributed by atoms with E-state index in [1.165, 1.54) is 18.2 Å². The van der Waals surface area contributed by atoms with E-state index in [4.69, 9.17) is 5.11 Å². The molecule has 1 N–H and O–H groups in total. The van der Waals surface area contributed by atoms with Gasteiger partial charge in [-0.15, -0.1) is 0 Å². The van der Waals surface area contributed by atoms with E-state index in [-0.39, 0.29) is 0 Å². The summed E-state index contributed by atoms with van der Waals surface area (Å²) in [5, 5.41) is 8.85. The molecule has 0 aliphatic heterocycles. The van der Waals surface area contributed by atoms with Gasteiger partial charge in [-0.25, -0.2) is 4.79 Å². The van der Waals surface area contributed by atoms with Crippen molar-refractivity contribution in [1.82, 2.24) is 0 Å². The van der Waals surface area contributed by atoms with Gasteiger partial charge in [0.2, 0.25) is 0 Å². The van der Waals surface area contributed by atoms with Crippen molar-refractivity contribution in [2.45, 2.75) is 13.8 Å². The van der Waals surface area contributed by atoms with Crippen molar-refractivity contribution in [3.8, 4) is 0 Å². The Balaban J connectivity index is 4.11. The van der Waals surface area contributed by atoms with Crippen LogP contribution >= 0.6 is 0 Å². The van der Waals surface area contributed by atoms with Gasteiger partial charge in [0.05, 0.1) is 0 Å². The summed E-state index contributed by atoms with van der Waals surface area (Å²) >= 11 is 0. The molecule has 0 heterocycles. The zero-order chi connectivity index (χ0) is 9.56. The van der Waals surface area contributed by atoms with Gasteiger partial charge in [-0.05, 0) is 13.8 Å². The molecular formula is C9H12O3. The number of aliphatic hydroxyl groups is 1. The Morgan fingerprint density at radius 3 is 2.50 bits per heavy atom. The summed E-state index contributed by atoms with van der Waals surface area (Å²) in [6.45, 7) is 6.84. The van der Waals surface area contributed by atoms with Gasteiger partial charge in [-0.2, -0.15) is 0 Å². The Bertz CT molecular complexity index is 232. The standard InChI is InChI=1S/C9H12O3/c1-4-5-8(10)12-9(11)6-7(2)3/h4-6,10H,1H2,2-3H3. The highest BCUT2D eigenvalue weighted by Gasteiger charge is 1.99. The lowest BCUT2D eigenvalue weighted by atomic mass is 10.3. The van der Waals surface area contributed by atoms with Gasteiger partial charge in [0.15, 0.2) is 0 Å². The van der Waals surface area contributed by atoms with E-state index in [0.717, 1.165) is 5.57 Å². The molecule has 12 heavy (non-hydrogen) atoms. The number of hydrogen-bond acceptors (Lipinski definition) is 3. The van der Waals surface area contributed by atoms with E-state index >= 15 is 0 Å². The minimum Gasteiger partial charge on any atom is -0.481 e. The average Bonchev–Trinajstić information content (AvgIpc) is 1.84. The van der Waals surface area contributed by atoms with Crippen LogP contribution in [0.1, 0.15) is 13.8 Å². The number of aliphatic hydroxyl groups excluding tert-OH is 1.